The Balaban J connectivity index is 1.97. The molecule has 5 nitrogen and oxygen atoms in total. The molecule has 1 unspecified atom stereocenters. The number of hydrogen-bond donors (Lipinski definition) is 2. The molecule has 1 atom stereocenters. The van der Waals surface area contributed by atoms with Gasteiger partial charge in [-0.15, -0.1) is 0 Å². The van der Waals surface area contributed by atoms with Crippen LogP contribution >= 0.6 is 0 Å². The molecule has 0 saturated carbocycles. The lowest BCUT2D eigenvalue weighted by Crippen LogP contribution is -2.39. The fourth-order valence-corrected chi connectivity index (χ4v) is 2.63. The van der Waals surface area contributed by atoms with Crippen molar-refractivity contribution in [3.8, 4) is 0 Å². The van der Waals surface area contributed by atoms with E-state index in [1.54, 1.807) is 6.26 Å². The maximum Gasteiger partial charge on any atom is 0.191 e. The Morgan fingerprint density at radius 1 is 1.16 bits per heavy atom. The number of nitrogens with one attached hydrogen (secondary N) is 2. The van der Waals surface area contributed by atoms with Crippen molar-refractivity contribution in [3.05, 3.63) is 59.5 Å². The van der Waals surface area contributed by atoms with Gasteiger partial charge in [-0.25, -0.2) is 0 Å². The van der Waals surface area contributed by atoms with Crippen LogP contribution in [0.5, 0.6) is 0 Å². The van der Waals surface area contributed by atoms with E-state index in [0.717, 1.165) is 31.2 Å². The summed E-state index contributed by atoms with van der Waals surface area (Å²) in [5, 5.41) is 6.68. The summed E-state index contributed by atoms with van der Waals surface area (Å²) in [5.41, 5.74) is 2.56. The summed E-state index contributed by atoms with van der Waals surface area (Å²) in [6, 6.07) is 12.8. The molecule has 0 radical (unpaired) electrons. The topological polar surface area (TPSA) is 52.8 Å². The lowest BCUT2D eigenvalue weighted by molar-refractivity contribution is 0.306. The van der Waals surface area contributed by atoms with E-state index in [4.69, 9.17) is 9.41 Å². The minimum absolute atomic E-state index is 0.251. The number of guanidine groups is 1. The van der Waals surface area contributed by atoms with Crippen molar-refractivity contribution in [2.45, 2.75) is 26.3 Å². The molecule has 136 valence electrons. The van der Waals surface area contributed by atoms with Gasteiger partial charge >= 0.3 is 0 Å². The predicted molar refractivity (Wildman–Crippen MR) is 104 cm³/mol. The number of nitrogens with zero attached hydrogens (tertiary/aromatic N) is 2. The van der Waals surface area contributed by atoms with Gasteiger partial charge in [0.1, 0.15) is 5.76 Å². The summed E-state index contributed by atoms with van der Waals surface area (Å²) in [7, 11) is 4.19. The predicted octanol–water partition coefficient (Wildman–Crippen LogP) is 2.99. The van der Waals surface area contributed by atoms with Gasteiger partial charge in [0.15, 0.2) is 5.96 Å². The normalized spacial score (nSPS) is 13.1. The zero-order valence-corrected chi connectivity index (χ0v) is 15.7. The third-order valence-electron chi connectivity index (χ3n) is 4.10. The smallest absolute Gasteiger partial charge is 0.191 e. The first kappa shape index (κ1) is 19.1. The zero-order valence-electron chi connectivity index (χ0n) is 15.7. The van der Waals surface area contributed by atoms with Crippen LogP contribution in [0, 0.1) is 6.92 Å². The van der Waals surface area contributed by atoms with Crippen LogP contribution in [0.1, 0.15) is 29.9 Å². The largest absolute Gasteiger partial charge is 0.469 e. The van der Waals surface area contributed by atoms with E-state index in [2.05, 4.69) is 67.7 Å². The summed E-state index contributed by atoms with van der Waals surface area (Å²) in [6.45, 7) is 6.51. The average molecular weight is 342 g/mol. The van der Waals surface area contributed by atoms with Gasteiger partial charge in [0, 0.05) is 19.5 Å². The lowest BCUT2D eigenvalue weighted by Gasteiger charge is -2.24. The maximum absolute atomic E-state index is 5.37. The molecule has 1 heterocycles. The fraction of sp³-hybridized carbons (Fsp3) is 0.450. The third kappa shape index (κ3) is 6.27. The maximum atomic E-state index is 5.37. The summed E-state index contributed by atoms with van der Waals surface area (Å²) >= 11 is 0. The van der Waals surface area contributed by atoms with E-state index >= 15 is 0 Å². The number of furan rings is 1. The zero-order chi connectivity index (χ0) is 18.1. The highest BCUT2D eigenvalue weighted by Crippen LogP contribution is 2.19. The number of rotatable bonds is 8. The van der Waals surface area contributed by atoms with Gasteiger partial charge in [-0.05, 0) is 45.6 Å². The van der Waals surface area contributed by atoms with Crippen molar-refractivity contribution in [2.24, 2.45) is 4.99 Å². The second-order valence-electron chi connectivity index (χ2n) is 6.37. The highest BCUT2D eigenvalue weighted by atomic mass is 16.3. The van der Waals surface area contributed by atoms with Crippen LogP contribution in [0.4, 0.5) is 0 Å². The fourth-order valence-electron chi connectivity index (χ4n) is 2.63. The second-order valence-corrected chi connectivity index (χ2v) is 6.37. The Morgan fingerprint density at radius 2 is 1.92 bits per heavy atom. The molecule has 0 aliphatic heterocycles. The van der Waals surface area contributed by atoms with Crippen LogP contribution in [0.25, 0.3) is 0 Å². The standard InChI is InChI=1S/C20H30N4O/c1-5-21-20(22-13-12-18-7-6-14-25-18)23-15-19(24(3)4)17-10-8-16(2)9-11-17/h6-11,14,19H,5,12-13,15H2,1-4H3,(H2,21,22,23). The van der Waals surface area contributed by atoms with E-state index in [-0.39, 0.29) is 6.04 Å². The highest BCUT2D eigenvalue weighted by Gasteiger charge is 2.13. The molecule has 0 amide bonds. The van der Waals surface area contributed by atoms with Crippen LogP contribution in [0.15, 0.2) is 52.1 Å². The number of aryl methyl sites for hydroxylation is 1. The molecule has 25 heavy (non-hydrogen) atoms. The van der Waals surface area contributed by atoms with Gasteiger partial charge in [0.25, 0.3) is 0 Å². The van der Waals surface area contributed by atoms with E-state index in [1.165, 1.54) is 11.1 Å². The van der Waals surface area contributed by atoms with Gasteiger partial charge in [0.05, 0.1) is 18.8 Å². The first-order chi connectivity index (χ1) is 12.1. The molecule has 2 rings (SSSR count). The quantitative estimate of drug-likeness (QED) is 0.572. The van der Waals surface area contributed by atoms with Crippen molar-refractivity contribution < 1.29 is 4.42 Å². The van der Waals surface area contributed by atoms with Gasteiger partial charge in [-0.2, -0.15) is 0 Å². The minimum Gasteiger partial charge on any atom is -0.469 e. The van der Waals surface area contributed by atoms with Gasteiger partial charge < -0.3 is 20.0 Å². The van der Waals surface area contributed by atoms with Crippen LogP contribution in [-0.2, 0) is 6.42 Å². The summed E-state index contributed by atoms with van der Waals surface area (Å²) < 4.78 is 5.37. The molecule has 0 bridgehead atoms. The number of aliphatic imine (C=N–C) groups is 1. The van der Waals surface area contributed by atoms with E-state index < -0.39 is 0 Å². The molecule has 0 aliphatic carbocycles. The first-order valence-electron chi connectivity index (χ1n) is 8.87. The number of likely N-dealkylation sites (N-methyl/N-ethyl adjacent to an activating group) is 1. The Labute approximate surface area is 151 Å². The molecule has 0 aliphatic rings. The van der Waals surface area contributed by atoms with E-state index in [9.17, 15) is 0 Å². The van der Waals surface area contributed by atoms with Gasteiger partial charge in [-0.1, -0.05) is 29.8 Å². The van der Waals surface area contributed by atoms with Crippen LogP contribution in [-0.4, -0.2) is 44.6 Å². The Bertz CT molecular complexity index is 632. The molecule has 1 aromatic heterocycles. The van der Waals surface area contributed by atoms with Crippen molar-refractivity contribution in [3.63, 3.8) is 0 Å². The molecule has 1 aromatic carbocycles. The number of benzene rings is 1. The molecule has 0 spiro atoms. The van der Waals surface area contributed by atoms with Crippen LogP contribution in [0.3, 0.4) is 0 Å². The third-order valence-corrected chi connectivity index (χ3v) is 4.10. The molecular formula is C20H30N4O. The first-order valence-corrected chi connectivity index (χ1v) is 8.87. The van der Waals surface area contributed by atoms with Crippen molar-refractivity contribution in [1.82, 2.24) is 15.5 Å². The molecule has 0 fully saturated rings. The summed E-state index contributed by atoms with van der Waals surface area (Å²) in [6.07, 6.45) is 2.55. The van der Waals surface area contributed by atoms with Crippen molar-refractivity contribution in [2.75, 3.05) is 33.7 Å². The molecule has 5 heteroatoms. The Morgan fingerprint density at radius 3 is 2.52 bits per heavy atom. The van der Waals surface area contributed by atoms with E-state index in [0.29, 0.717) is 6.54 Å². The number of hydrogen-bond acceptors (Lipinski definition) is 3. The summed E-state index contributed by atoms with van der Waals surface area (Å²) in [5.74, 6) is 1.82. The highest BCUT2D eigenvalue weighted by molar-refractivity contribution is 5.79. The molecular weight excluding hydrogens is 312 g/mol. The van der Waals surface area contributed by atoms with E-state index in [1.807, 2.05) is 12.1 Å². The lowest BCUT2D eigenvalue weighted by atomic mass is 10.0. The molecule has 2 N–H and O–H groups in total. The molecule has 2 aromatic rings. The van der Waals surface area contributed by atoms with Crippen LogP contribution < -0.4 is 10.6 Å². The summed E-state index contributed by atoms with van der Waals surface area (Å²) in [4.78, 5) is 6.98. The Kier molecular flexibility index (Phi) is 7.54. The van der Waals surface area contributed by atoms with Gasteiger partial charge in [-0.3, -0.25) is 4.99 Å². The Hall–Kier alpha value is -2.27. The van der Waals surface area contributed by atoms with Crippen molar-refractivity contribution in [1.29, 1.82) is 0 Å². The second kappa shape index (κ2) is 9.89. The molecule has 0 saturated heterocycles. The van der Waals surface area contributed by atoms with Crippen molar-refractivity contribution >= 4 is 5.96 Å². The van der Waals surface area contributed by atoms with Gasteiger partial charge in [0.2, 0.25) is 0 Å². The average Bonchev–Trinajstić information content (AvgIpc) is 3.09. The minimum atomic E-state index is 0.251. The SMILES string of the molecule is CCNC(=NCC(c1ccc(C)cc1)N(C)C)NCCc1ccco1. The monoisotopic (exact) mass is 342 g/mol. The van der Waals surface area contributed by atoms with Crippen LogP contribution in [0.2, 0.25) is 0 Å².